The molecule has 1 aromatic heterocycles. The molecule has 0 radical (unpaired) electrons. The number of carboxylic acids is 1. The Morgan fingerprint density at radius 2 is 2.33 bits per heavy atom. The van der Waals surface area contributed by atoms with Crippen molar-refractivity contribution in [2.45, 2.75) is 19.8 Å². The lowest BCUT2D eigenvalue weighted by atomic mass is 9.93. The van der Waals surface area contributed by atoms with E-state index in [0.29, 0.717) is 5.69 Å². The second-order valence-corrected chi connectivity index (χ2v) is 2.95. The van der Waals surface area contributed by atoms with Gasteiger partial charge in [-0.15, -0.1) is 0 Å². The molecule has 5 heteroatoms. The molecule has 0 aliphatic rings. The van der Waals surface area contributed by atoms with Crippen LogP contribution in [0, 0.1) is 5.92 Å². The molecule has 1 heterocycles. The summed E-state index contributed by atoms with van der Waals surface area (Å²) in [5, 5.41) is 18.5. The lowest BCUT2D eigenvalue weighted by Crippen LogP contribution is -2.17. The Labute approximate surface area is 69.8 Å². The smallest absolute Gasteiger partial charge is 0.312 e. The number of aromatic nitrogens is 3. The number of hydrogen-bond donors (Lipinski definition) is 2. The summed E-state index contributed by atoms with van der Waals surface area (Å²) in [6.07, 6.45) is 1.44. The standard InChI is InChI=1S/C7H11N3O2/c1-4(2)6(7(11)12)5-3-8-10-9-5/h3-4,6H,1-2H3,(H,11,12)(H,8,9,10). The molecule has 1 unspecified atom stereocenters. The highest BCUT2D eigenvalue weighted by Crippen LogP contribution is 2.21. The van der Waals surface area contributed by atoms with Crippen molar-refractivity contribution in [2.24, 2.45) is 5.92 Å². The normalized spacial score (nSPS) is 13.2. The fourth-order valence-electron chi connectivity index (χ4n) is 1.11. The maximum Gasteiger partial charge on any atom is 0.312 e. The van der Waals surface area contributed by atoms with Crippen LogP contribution in [0.15, 0.2) is 6.20 Å². The van der Waals surface area contributed by atoms with E-state index in [1.54, 1.807) is 0 Å². The van der Waals surface area contributed by atoms with Gasteiger partial charge in [0.05, 0.1) is 11.9 Å². The maximum absolute atomic E-state index is 10.8. The van der Waals surface area contributed by atoms with Gasteiger partial charge < -0.3 is 5.11 Å². The molecule has 0 amide bonds. The van der Waals surface area contributed by atoms with Crippen LogP contribution < -0.4 is 0 Å². The Morgan fingerprint density at radius 3 is 2.67 bits per heavy atom. The zero-order valence-corrected chi connectivity index (χ0v) is 6.98. The van der Waals surface area contributed by atoms with Gasteiger partial charge in [0.2, 0.25) is 0 Å². The largest absolute Gasteiger partial charge is 0.481 e. The van der Waals surface area contributed by atoms with E-state index in [9.17, 15) is 4.79 Å². The summed E-state index contributed by atoms with van der Waals surface area (Å²) in [7, 11) is 0. The van der Waals surface area contributed by atoms with Crippen LogP contribution in [0.2, 0.25) is 0 Å². The number of aliphatic carboxylic acids is 1. The quantitative estimate of drug-likeness (QED) is 0.695. The summed E-state index contributed by atoms with van der Waals surface area (Å²) < 4.78 is 0. The number of hydrogen-bond acceptors (Lipinski definition) is 3. The van der Waals surface area contributed by atoms with Gasteiger partial charge in [0.15, 0.2) is 0 Å². The SMILES string of the molecule is CC(C)C(C(=O)O)c1cn[nH]n1. The number of nitrogens with one attached hydrogen (secondary N) is 1. The van der Waals surface area contributed by atoms with Gasteiger partial charge in [0, 0.05) is 0 Å². The van der Waals surface area contributed by atoms with E-state index in [2.05, 4.69) is 15.4 Å². The van der Waals surface area contributed by atoms with E-state index in [4.69, 9.17) is 5.11 Å². The Balaban J connectivity index is 2.88. The Bertz CT molecular complexity index is 256. The van der Waals surface area contributed by atoms with Gasteiger partial charge in [-0.3, -0.25) is 4.79 Å². The van der Waals surface area contributed by atoms with Crippen molar-refractivity contribution >= 4 is 5.97 Å². The van der Waals surface area contributed by atoms with Crippen molar-refractivity contribution < 1.29 is 9.90 Å². The number of nitrogens with zero attached hydrogens (tertiary/aromatic N) is 2. The first-order valence-electron chi connectivity index (χ1n) is 3.71. The maximum atomic E-state index is 10.8. The number of aromatic amines is 1. The first kappa shape index (κ1) is 8.70. The predicted octanol–water partition coefficient (Wildman–Crippen LogP) is 0.629. The molecule has 0 spiro atoms. The van der Waals surface area contributed by atoms with E-state index in [-0.39, 0.29) is 5.92 Å². The molecule has 1 atom stereocenters. The summed E-state index contributed by atoms with van der Waals surface area (Å²) in [5.41, 5.74) is 0.484. The van der Waals surface area contributed by atoms with Crippen LogP contribution in [0.4, 0.5) is 0 Å². The predicted molar refractivity (Wildman–Crippen MR) is 41.6 cm³/mol. The van der Waals surface area contributed by atoms with Crippen LogP contribution in [-0.2, 0) is 4.79 Å². The topological polar surface area (TPSA) is 78.9 Å². The minimum atomic E-state index is -0.862. The van der Waals surface area contributed by atoms with Crippen LogP contribution in [0.1, 0.15) is 25.5 Å². The van der Waals surface area contributed by atoms with Gasteiger partial charge in [-0.1, -0.05) is 13.8 Å². The third-order valence-corrected chi connectivity index (χ3v) is 1.69. The molecule has 0 fully saturated rings. The zero-order chi connectivity index (χ0) is 9.14. The fourth-order valence-corrected chi connectivity index (χ4v) is 1.11. The molecule has 2 N–H and O–H groups in total. The molecule has 0 saturated carbocycles. The summed E-state index contributed by atoms with van der Waals surface area (Å²) in [5.74, 6) is -1.41. The van der Waals surface area contributed by atoms with E-state index in [0.717, 1.165) is 0 Å². The monoisotopic (exact) mass is 169 g/mol. The first-order valence-corrected chi connectivity index (χ1v) is 3.71. The molecule has 1 rings (SSSR count). The van der Waals surface area contributed by atoms with E-state index in [1.165, 1.54) is 6.20 Å². The molecule has 0 aromatic carbocycles. The second kappa shape index (κ2) is 3.34. The molecular weight excluding hydrogens is 158 g/mol. The molecule has 66 valence electrons. The summed E-state index contributed by atoms with van der Waals surface area (Å²) in [4.78, 5) is 10.8. The summed E-state index contributed by atoms with van der Waals surface area (Å²) in [6.45, 7) is 3.68. The van der Waals surface area contributed by atoms with Crippen molar-refractivity contribution in [3.63, 3.8) is 0 Å². The average Bonchev–Trinajstić information content (AvgIpc) is 2.37. The Morgan fingerprint density at radius 1 is 1.67 bits per heavy atom. The van der Waals surface area contributed by atoms with Crippen LogP contribution in [0.25, 0.3) is 0 Å². The molecule has 0 aliphatic carbocycles. The molecule has 1 aromatic rings. The zero-order valence-electron chi connectivity index (χ0n) is 6.98. The Hall–Kier alpha value is -1.39. The molecular formula is C7H11N3O2. The fraction of sp³-hybridized carbons (Fsp3) is 0.571. The van der Waals surface area contributed by atoms with E-state index in [1.807, 2.05) is 13.8 Å². The van der Waals surface area contributed by atoms with Crippen LogP contribution in [0.5, 0.6) is 0 Å². The van der Waals surface area contributed by atoms with Gasteiger partial charge in [-0.05, 0) is 5.92 Å². The second-order valence-electron chi connectivity index (χ2n) is 2.95. The van der Waals surface area contributed by atoms with Crippen molar-refractivity contribution in [1.29, 1.82) is 0 Å². The number of carboxylic acid groups (broad SMARTS) is 1. The minimum Gasteiger partial charge on any atom is -0.481 e. The van der Waals surface area contributed by atoms with Gasteiger partial charge in [0.1, 0.15) is 5.92 Å². The Kier molecular flexibility index (Phi) is 2.42. The highest BCUT2D eigenvalue weighted by atomic mass is 16.4. The van der Waals surface area contributed by atoms with E-state index < -0.39 is 11.9 Å². The third-order valence-electron chi connectivity index (χ3n) is 1.69. The first-order chi connectivity index (χ1) is 5.63. The van der Waals surface area contributed by atoms with Gasteiger partial charge in [-0.25, -0.2) is 0 Å². The third kappa shape index (κ3) is 1.61. The number of rotatable bonds is 3. The molecule has 0 bridgehead atoms. The number of H-pyrrole nitrogens is 1. The molecule has 0 saturated heterocycles. The van der Waals surface area contributed by atoms with Crippen molar-refractivity contribution in [1.82, 2.24) is 15.4 Å². The highest BCUT2D eigenvalue weighted by molar-refractivity contribution is 5.75. The highest BCUT2D eigenvalue weighted by Gasteiger charge is 2.25. The van der Waals surface area contributed by atoms with Crippen molar-refractivity contribution in [3.8, 4) is 0 Å². The average molecular weight is 169 g/mol. The minimum absolute atomic E-state index is 0.0209. The van der Waals surface area contributed by atoms with E-state index >= 15 is 0 Å². The lowest BCUT2D eigenvalue weighted by molar-refractivity contribution is -0.140. The summed E-state index contributed by atoms with van der Waals surface area (Å²) in [6, 6.07) is 0. The van der Waals surface area contributed by atoms with Crippen LogP contribution >= 0.6 is 0 Å². The van der Waals surface area contributed by atoms with Crippen molar-refractivity contribution in [2.75, 3.05) is 0 Å². The summed E-state index contributed by atoms with van der Waals surface area (Å²) >= 11 is 0. The van der Waals surface area contributed by atoms with Gasteiger partial charge >= 0.3 is 5.97 Å². The molecule has 0 aliphatic heterocycles. The van der Waals surface area contributed by atoms with Crippen LogP contribution in [-0.4, -0.2) is 26.5 Å². The number of carbonyl (C=O) groups is 1. The van der Waals surface area contributed by atoms with Crippen LogP contribution in [0.3, 0.4) is 0 Å². The van der Waals surface area contributed by atoms with Crippen molar-refractivity contribution in [3.05, 3.63) is 11.9 Å². The lowest BCUT2D eigenvalue weighted by Gasteiger charge is -2.11. The molecule has 5 nitrogen and oxygen atoms in total. The molecule has 12 heavy (non-hydrogen) atoms. The van der Waals surface area contributed by atoms with Gasteiger partial charge in [-0.2, -0.15) is 15.4 Å². The van der Waals surface area contributed by atoms with Gasteiger partial charge in [0.25, 0.3) is 0 Å².